The zero-order valence-electron chi connectivity index (χ0n) is 8.57. The van der Waals surface area contributed by atoms with E-state index in [2.05, 4.69) is 15.3 Å². The lowest BCUT2D eigenvalue weighted by Gasteiger charge is -1.91. The number of nitrogens with two attached hydrogens (primary N) is 1. The number of hydrogen-bond acceptors (Lipinski definition) is 6. The monoisotopic (exact) mass is 240 g/mol. The average molecular weight is 240 g/mol. The van der Waals surface area contributed by atoms with Gasteiger partial charge in [-0.3, -0.25) is 0 Å². The molecule has 2 aromatic heterocycles. The van der Waals surface area contributed by atoms with Crippen molar-refractivity contribution in [2.75, 3.05) is 12.4 Å². The summed E-state index contributed by atoms with van der Waals surface area (Å²) in [7, 11) is 1.87. The Kier molecular flexibility index (Phi) is 2.99. The van der Waals surface area contributed by atoms with Crippen LogP contribution < -0.4 is 11.1 Å². The summed E-state index contributed by atoms with van der Waals surface area (Å²) in [5.74, 6) is 0. The molecule has 0 bridgehead atoms. The Hall–Kier alpha value is -0.980. The average Bonchev–Trinajstić information content (AvgIpc) is 2.83. The lowest BCUT2D eigenvalue weighted by molar-refractivity contribution is 1.02. The zero-order chi connectivity index (χ0) is 10.8. The molecular weight excluding hydrogens is 228 g/mol. The predicted molar refractivity (Wildman–Crippen MR) is 65.4 cm³/mol. The molecular formula is C9H12N4S2. The van der Waals surface area contributed by atoms with Crippen LogP contribution in [-0.4, -0.2) is 17.0 Å². The Morgan fingerprint density at radius 2 is 2.27 bits per heavy atom. The molecule has 2 aromatic rings. The van der Waals surface area contributed by atoms with E-state index in [-0.39, 0.29) is 0 Å². The molecule has 0 saturated heterocycles. The molecule has 2 heterocycles. The summed E-state index contributed by atoms with van der Waals surface area (Å²) in [5.41, 5.74) is 7.55. The van der Waals surface area contributed by atoms with Crippen LogP contribution in [0.25, 0.3) is 10.6 Å². The summed E-state index contributed by atoms with van der Waals surface area (Å²) in [6.45, 7) is 2.48. The SMILES string of the molecule is CNc1nc(-c2sc(CN)nc2C)cs1. The van der Waals surface area contributed by atoms with Crippen molar-refractivity contribution in [1.82, 2.24) is 9.97 Å². The van der Waals surface area contributed by atoms with Crippen LogP contribution in [0.3, 0.4) is 0 Å². The van der Waals surface area contributed by atoms with E-state index in [0.717, 1.165) is 26.4 Å². The van der Waals surface area contributed by atoms with E-state index < -0.39 is 0 Å². The summed E-state index contributed by atoms with van der Waals surface area (Å²) in [6, 6.07) is 0. The third-order valence-electron chi connectivity index (χ3n) is 1.97. The van der Waals surface area contributed by atoms with Gasteiger partial charge in [0.2, 0.25) is 0 Å². The van der Waals surface area contributed by atoms with Crippen LogP contribution in [0.4, 0.5) is 5.13 Å². The number of aromatic nitrogens is 2. The van der Waals surface area contributed by atoms with Crippen molar-refractivity contribution in [3.05, 3.63) is 16.1 Å². The highest BCUT2D eigenvalue weighted by atomic mass is 32.1. The fraction of sp³-hybridized carbons (Fsp3) is 0.333. The van der Waals surface area contributed by atoms with Crippen LogP contribution in [0.15, 0.2) is 5.38 Å². The third-order valence-corrected chi connectivity index (χ3v) is 4.03. The molecule has 0 unspecified atom stereocenters. The van der Waals surface area contributed by atoms with E-state index in [1.54, 1.807) is 22.7 Å². The van der Waals surface area contributed by atoms with Crippen molar-refractivity contribution in [2.24, 2.45) is 5.73 Å². The summed E-state index contributed by atoms with van der Waals surface area (Å²) < 4.78 is 0. The Morgan fingerprint density at radius 3 is 2.80 bits per heavy atom. The summed E-state index contributed by atoms with van der Waals surface area (Å²) in [6.07, 6.45) is 0. The number of nitrogens with zero attached hydrogens (tertiary/aromatic N) is 2. The maximum atomic E-state index is 5.56. The van der Waals surface area contributed by atoms with Crippen LogP contribution >= 0.6 is 22.7 Å². The quantitative estimate of drug-likeness (QED) is 0.862. The number of anilines is 1. The van der Waals surface area contributed by atoms with Gasteiger partial charge >= 0.3 is 0 Å². The second-order valence-corrected chi connectivity index (χ2v) is 4.96. The minimum Gasteiger partial charge on any atom is -0.365 e. The molecule has 3 N–H and O–H groups in total. The number of thiazole rings is 2. The van der Waals surface area contributed by atoms with Crippen LogP contribution in [0.5, 0.6) is 0 Å². The molecule has 2 rings (SSSR count). The van der Waals surface area contributed by atoms with Crippen LogP contribution in [0, 0.1) is 6.92 Å². The van der Waals surface area contributed by atoms with Crippen molar-refractivity contribution in [2.45, 2.75) is 13.5 Å². The third kappa shape index (κ3) is 2.01. The van der Waals surface area contributed by atoms with E-state index in [4.69, 9.17) is 5.73 Å². The molecule has 15 heavy (non-hydrogen) atoms. The maximum Gasteiger partial charge on any atom is 0.182 e. The molecule has 6 heteroatoms. The van der Waals surface area contributed by atoms with E-state index in [9.17, 15) is 0 Å². The van der Waals surface area contributed by atoms with Crippen molar-refractivity contribution in [1.29, 1.82) is 0 Å². The molecule has 4 nitrogen and oxygen atoms in total. The Labute approximate surface area is 96.2 Å². The van der Waals surface area contributed by atoms with E-state index >= 15 is 0 Å². The molecule has 80 valence electrons. The highest BCUT2D eigenvalue weighted by molar-refractivity contribution is 7.16. The van der Waals surface area contributed by atoms with Crippen molar-refractivity contribution in [3.8, 4) is 10.6 Å². The van der Waals surface area contributed by atoms with Crippen LogP contribution in [0.2, 0.25) is 0 Å². The predicted octanol–water partition coefficient (Wildman–Crippen LogP) is 2.08. The zero-order valence-corrected chi connectivity index (χ0v) is 10.2. The molecule has 0 radical (unpaired) electrons. The van der Waals surface area contributed by atoms with E-state index in [1.807, 2.05) is 19.4 Å². The first-order chi connectivity index (χ1) is 7.24. The first kappa shape index (κ1) is 10.5. The fourth-order valence-electron chi connectivity index (χ4n) is 1.27. The van der Waals surface area contributed by atoms with Gasteiger partial charge in [-0.2, -0.15) is 0 Å². The maximum absolute atomic E-state index is 5.56. The van der Waals surface area contributed by atoms with Crippen LogP contribution in [-0.2, 0) is 6.54 Å². The molecule has 0 aromatic carbocycles. The topological polar surface area (TPSA) is 63.8 Å². The smallest absolute Gasteiger partial charge is 0.182 e. The van der Waals surface area contributed by atoms with Gasteiger partial charge in [-0.05, 0) is 6.92 Å². The highest BCUT2D eigenvalue weighted by Gasteiger charge is 2.11. The normalized spacial score (nSPS) is 10.6. The van der Waals surface area contributed by atoms with Crippen LogP contribution in [0.1, 0.15) is 10.7 Å². The lowest BCUT2D eigenvalue weighted by Crippen LogP contribution is -1.94. The fourth-order valence-corrected chi connectivity index (χ4v) is 2.91. The minimum atomic E-state index is 0.495. The van der Waals surface area contributed by atoms with Crippen molar-refractivity contribution in [3.63, 3.8) is 0 Å². The first-order valence-corrected chi connectivity index (χ1v) is 6.24. The Balaban J connectivity index is 2.39. The number of hydrogen-bond donors (Lipinski definition) is 2. The van der Waals surface area contributed by atoms with E-state index in [0.29, 0.717) is 6.54 Å². The molecule has 0 aliphatic rings. The standard InChI is InChI=1S/C9H12N4S2/c1-5-8(15-7(3-10)12-5)6-4-14-9(11-2)13-6/h4H,3,10H2,1-2H3,(H,11,13). The van der Waals surface area contributed by atoms with Crippen molar-refractivity contribution < 1.29 is 0 Å². The lowest BCUT2D eigenvalue weighted by atomic mass is 10.3. The molecule has 0 spiro atoms. The number of aryl methyl sites for hydroxylation is 1. The van der Waals surface area contributed by atoms with Gasteiger partial charge in [0.05, 0.1) is 16.3 Å². The van der Waals surface area contributed by atoms with Gasteiger partial charge in [-0.1, -0.05) is 0 Å². The number of nitrogens with one attached hydrogen (secondary N) is 1. The van der Waals surface area contributed by atoms with Gasteiger partial charge in [0.25, 0.3) is 0 Å². The first-order valence-electron chi connectivity index (χ1n) is 4.54. The van der Waals surface area contributed by atoms with Gasteiger partial charge in [0, 0.05) is 19.0 Å². The summed E-state index contributed by atoms with van der Waals surface area (Å²) in [4.78, 5) is 9.94. The minimum absolute atomic E-state index is 0.495. The second-order valence-electron chi connectivity index (χ2n) is 3.01. The molecule has 0 atom stereocenters. The molecule has 0 amide bonds. The van der Waals surface area contributed by atoms with Crippen molar-refractivity contribution >= 4 is 27.8 Å². The molecule has 0 aliphatic heterocycles. The molecule has 0 saturated carbocycles. The van der Waals surface area contributed by atoms with Gasteiger partial charge in [-0.15, -0.1) is 22.7 Å². The van der Waals surface area contributed by atoms with Gasteiger partial charge < -0.3 is 11.1 Å². The second kappa shape index (κ2) is 4.26. The van der Waals surface area contributed by atoms with Gasteiger partial charge in [-0.25, -0.2) is 9.97 Å². The summed E-state index contributed by atoms with van der Waals surface area (Å²) >= 11 is 3.21. The Bertz CT molecular complexity index is 460. The highest BCUT2D eigenvalue weighted by Crippen LogP contribution is 2.31. The Morgan fingerprint density at radius 1 is 1.47 bits per heavy atom. The largest absolute Gasteiger partial charge is 0.365 e. The van der Waals surface area contributed by atoms with E-state index in [1.165, 1.54) is 0 Å². The number of rotatable bonds is 3. The molecule has 0 fully saturated rings. The summed E-state index contributed by atoms with van der Waals surface area (Å²) in [5, 5.41) is 6.94. The van der Waals surface area contributed by atoms with Gasteiger partial charge in [0.1, 0.15) is 5.01 Å². The molecule has 0 aliphatic carbocycles. The van der Waals surface area contributed by atoms with Gasteiger partial charge in [0.15, 0.2) is 5.13 Å².